The molecule has 0 saturated carbocycles. The summed E-state index contributed by atoms with van der Waals surface area (Å²) in [7, 11) is 0. The highest BCUT2D eigenvalue weighted by molar-refractivity contribution is 6.01. The maximum atomic E-state index is 12.2. The van der Waals surface area contributed by atoms with Crippen molar-refractivity contribution in [3.05, 3.63) is 78.6 Å². The predicted molar refractivity (Wildman–Crippen MR) is 102 cm³/mol. The molecular weight excluding hydrogens is 340 g/mol. The van der Waals surface area contributed by atoms with Gasteiger partial charge in [0.1, 0.15) is 5.75 Å². The van der Waals surface area contributed by atoms with Crippen molar-refractivity contribution in [1.82, 2.24) is 4.98 Å². The lowest BCUT2D eigenvalue weighted by Crippen LogP contribution is -2.46. The molecule has 134 valence electrons. The van der Waals surface area contributed by atoms with Crippen molar-refractivity contribution in [2.45, 2.75) is 19.4 Å². The zero-order chi connectivity index (χ0) is 18.8. The first kappa shape index (κ1) is 17.0. The van der Waals surface area contributed by atoms with E-state index in [4.69, 9.17) is 4.74 Å². The number of anilines is 1. The lowest BCUT2D eigenvalue weighted by Gasteiger charge is -2.41. The molecule has 0 radical (unpaired) electrons. The van der Waals surface area contributed by atoms with Gasteiger partial charge in [0.2, 0.25) is 5.91 Å². The smallest absolute Gasteiger partial charge is 0.308 e. The Hall–Kier alpha value is -3.47. The zero-order valence-corrected chi connectivity index (χ0v) is 14.8. The summed E-state index contributed by atoms with van der Waals surface area (Å²) in [6, 6.07) is 19.1. The van der Waals surface area contributed by atoms with Crippen LogP contribution in [-0.4, -0.2) is 16.9 Å². The summed E-state index contributed by atoms with van der Waals surface area (Å²) in [6.45, 7) is 1.37. The fourth-order valence-electron chi connectivity index (χ4n) is 3.28. The van der Waals surface area contributed by atoms with E-state index in [1.165, 1.54) is 6.92 Å². The number of hydrogen-bond donors (Lipinski definition) is 0. The number of nitrogens with zero attached hydrogens (tertiary/aromatic N) is 2. The van der Waals surface area contributed by atoms with E-state index in [9.17, 15) is 9.59 Å². The topological polar surface area (TPSA) is 59.5 Å². The maximum absolute atomic E-state index is 12.2. The Morgan fingerprint density at radius 2 is 1.78 bits per heavy atom. The quantitative estimate of drug-likeness (QED) is 0.399. The van der Waals surface area contributed by atoms with E-state index in [2.05, 4.69) is 4.98 Å². The molecule has 0 unspecified atom stereocenters. The van der Waals surface area contributed by atoms with Gasteiger partial charge in [-0.15, -0.1) is 0 Å². The molecule has 1 aliphatic heterocycles. The first-order valence-corrected chi connectivity index (χ1v) is 8.73. The van der Waals surface area contributed by atoms with Crippen molar-refractivity contribution in [1.29, 1.82) is 0 Å². The summed E-state index contributed by atoms with van der Waals surface area (Å²) in [6.07, 6.45) is 4.03. The van der Waals surface area contributed by atoms with Gasteiger partial charge in [0.05, 0.1) is 12.5 Å². The number of pyridine rings is 1. The molecule has 0 bridgehead atoms. The van der Waals surface area contributed by atoms with Crippen LogP contribution in [0.3, 0.4) is 0 Å². The van der Waals surface area contributed by atoms with E-state index in [1.54, 1.807) is 23.2 Å². The number of rotatable bonds is 4. The highest BCUT2D eigenvalue weighted by Gasteiger charge is 2.38. The van der Waals surface area contributed by atoms with E-state index in [-0.39, 0.29) is 17.9 Å². The number of ether oxygens (including phenoxy) is 1. The molecule has 2 aromatic carbocycles. The van der Waals surface area contributed by atoms with Gasteiger partial charge in [-0.1, -0.05) is 30.3 Å². The maximum Gasteiger partial charge on any atom is 0.308 e. The molecule has 2 heterocycles. The van der Waals surface area contributed by atoms with Crippen molar-refractivity contribution in [2.75, 3.05) is 4.90 Å². The second-order valence-corrected chi connectivity index (χ2v) is 6.43. The SMILES string of the molecule is CC(=O)Oc1ccc([C@@H]2CC(=O)N2c2ccc(-c3cccnc3)cc2)cc1. The molecule has 3 aromatic rings. The number of aromatic nitrogens is 1. The Kier molecular flexibility index (Phi) is 4.42. The standard InChI is InChI=1S/C22H18N2O3/c1-15(25)27-20-10-6-17(7-11-20)21-13-22(26)24(21)19-8-4-16(5-9-19)18-3-2-12-23-14-18/h2-12,14,21H,13H2,1H3/t21-/m0/s1. The van der Waals surface area contributed by atoms with Crippen LogP contribution >= 0.6 is 0 Å². The number of carbonyl (C=O) groups is 2. The van der Waals surface area contributed by atoms with Crippen molar-refractivity contribution in [3.63, 3.8) is 0 Å². The summed E-state index contributed by atoms with van der Waals surface area (Å²) in [5, 5.41) is 0. The third-order valence-electron chi connectivity index (χ3n) is 4.62. The van der Waals surface area contributed by atoms with E-state index in [1.807, 2.05) is 54.7 Å². The number of benzene rings is 2. The molecule has 1 aliphatic rings. The van der Waals surface area contributed by atoms with Gasteiger partial charge in [0.25, 0.3) is 0 Å². The van der Waals surface area contributed by atoms with Crippen LogP contribution < -0.4 is 9.64 Å². The number of β-lactam (4-membered cyclic amide) rings is 1. The summed E-state index contributed by atoms with van der Waals surface area (Å²) in [5.74, 6) is 0.249. The number of amides is 1. The van der Waals surface area contributed by atoms with Crippen LogP contribution in [0.15, 0.2) is 73.1 Å². The molecule has 1 aromatic heterocycles. The van der Waals surface area contributed by atoms with Crippen LogP contribution in [0.4, 0.5) is 5.69 Å². The zero-order valence-electron chi connectivity index (χ0n) is 14.8. The summed E-state index contributed by atoms with van der Waals surface area (Å²) in [5.41, 5.74) is 3.98. The van der Waals surface area contributed by atoms with E-state index >= 15 is 0 Å². The van der Waals surface area contributed by atoms with E-state index in [0.717, 1.165) is 22.4 Å². The van der Waals surface area contributed by atoms with Gasteiger partial charge in [-0.3, -0.25) is 14.6 Å². The largest absolute Gasteiger partial charge is 0.427 e. The summed E-state index contributed by atoms with van der Waals surface area (Å²) < 4.78 is 5.06. The number of esters is 1. The Labute approximate surface area is 157 Å². The van der Waals surface area contributed by atoms with Crippen molar-refractivity contribution >= 4 is 17.6 Å². The molecule has 27 heavy (non-hydrogen) atoms. The third-order valence-corrected chi connectivity index (χ3v) is 4.62. The van der Waals surface area contributed by atoms with Crippen LogP contribution in [0.5, 0.6) is 5.75 Å². The molecule has 0 aliphatic carbocycles. The Morgan fingerprint density at radius 1 is 1.04 bits per heavy atom. The average molecular weight is 358 g/mol. The van der Waals surface area contributed by atoms with Crippen LogP contribution in [-0.2, 0) is 9.59 Å². The first-order valence-electron chi connectivity index (χ1n) is 8.73. The third kappa shape index (κ3) is 3.44. The minimum atomic E-state index is -0.350. The molecule has 5 heteroatoms. The minimum Gasteiger partial charge on any atom is -0.427 e. The lowest BCUT2D eigenvalue weighted by molar-refractivity contribution is -0.131. The molecule has 0 N–H and O–H groups in total. The Balaban J connectivity index is 1.54. The first-order chi connectivity index (χ1) is 13.1. The van der Waals surface area contributed by atoms with Crippen molar-refractivity contribution < 1.29 is 14.3 Å². The second-order valence-electron chi connectivity index (χ2n) is 6.43. The predicted octanol–water partition coefficient (Wildman–Crippen LogP) is 4.15. The van der Waals surface area contributed by atoms with Gasteiger partial charge in [0.15, 0.2) is 0 Å². The van der Waals surface area contributed by atoms with Gasteiger partial charge in [0, 0.05) is 25.0 Å². The highest BCUT2D eigenvalue weighted by Crippen LogP contribution is 2.39. The monoisotopic (exact) mass is 358 g/mol. The molecule has 0 spiro atoms. The Bertz CT molecular complexity index is 967. The van der Waals surface area contributed by atoms with Gasteiger partial charge < -0.3 is 9.64 Å². The van der Waals surface area contributed by atoms with E-state index in [0.29, 0.717) is 12.2 Å². The fourth-order valence-corrected chi connectivity index (χ4v) is 3.28. The van der Waals surface area contributed by atoms with Crippen molar-refractivity contribution in [2.24, 2.45) is 0 Å². The van der Waals surface area contributed by atoms with Crippen LogP contribution in [0, 0.1) is 0 Å². The Morgan fingerprint density at radius 3 is 2.37 bits per heavy atom. The average Bonchev–Trinajstić information content (AvgIpc) is 2.68. The molecule has 1 amide bonds. The lowest BCUT2D eigenvalue weighted by atomic mass is 9.92. The molecule has 1 atom stereocenters. The van der Waals surface area contributed by atoms with Crippen LogP contribution in [0.2, 0.25) is 0 Å². The summed E-state index contributed by atoms with van der Waals surface area (Å²) >= 11 is 0. The molecule has 1 saturated heterocycles. The van der Waals surface area contributed by atoms with Crippen LogP contribution in [0.1, 0.15) is 24.9 Å². The summed E-state index contributed by atoms with van der Waals surface area (Å²) in [4.78, 5) is 29.2. The normalized spacial score (nSPS) is 16.0. The molecule has 1 fully saturated rings. The highest BCUT2D eigenvalue weighted by atomic mass is 16.5. The van der Waals surface area contributed by atoms with Gasteiger partial charge in [-0.25, -0.2) is 0 Å². The van der Waals surface area contributed by atoms with Crippen LogP contribution in [0.25, 0.3) is 11.1 Å². The number of carbonyl (C=O) groups excluding carboxylic acids is 2. The van der Waals surface area contributed by atoms with Gasteiger partial charge in [-0.05, 0) is 47.0 Å². The molecule has 4 rings (SSSR count). The number of hydrogen-bond acceptors (Lipinski definition) is 4. The second kappa shape index (κ2) is 7.03. The van der Waals surface area contributed by atoms with Gasteiger partial charge in [-0.2, -0.15) is 0 Å². The fraction of sp³-hybridized carbons (Fsp3) is 0.136. The van der Waals surface area contributed by atoms with E-state index < -0.39 is 0 Å². The molecule has 5 nitrogen and oxygen atoms in total. The minimum absolute atomic E-state index is 0.00637. The van der Waals surface area contributed by atoms with Gasteiger partial charge >= 0.3 is 5.97 Å². The molecular formula is C22H18N2O3. The van der Waals surface area contributed by atoms with Crippen molar-refractivity contribution in [3.8, 4) is 16.9 Å².